The second kappa shape index (κ2) is 5.49. The number of thiophene rings is 1. The van der Waals surface area contributed by atoms with E-state index in [0.29, 0.717) is 12.1 Å². The Kier molecular flexibility index (Phi) is 3.94. The first kappa shape index (κ1) is 12.9. The van der Waals surface area contributed by atoms with E-state index in [2.05, 4.69) is 23.2 Å². The van der Waals surface area contributed by atoms with Gasteiger partial charge in [0.05, 0.1) is 4.34 Å². The lowest BCUT2D eigenvalue weighted by molar-refractivity contribution is 0.165. The van der Waals surface area contributed by atoms with Gasteiger partial charge in [-0.1, -0.05) is 11.6 Å². The summed E-state index contributed by atoms with van der Waals surface area (Å²) in [5.41, 5.74) is 0. The largest absolute Gasteiger partial charge is 0.312 e. The van der Waals surface area contributed by atoms with Crippen LogP contribution >= 0.6 is 22.9 Å². The minimum atomic E-state index is 0.511. The molecule has 2 nitrogen and oxygen atoms in total. The van der Waals surface area contributed by atoms with Crippen molar-refractivity contribution in [3.8, 4) is 0 Å². The van der Waals surface area contributed by atoms with Crippen LogP contribution in [-0.4, -0.2) is 30.1 Å². The average Bonchev–Trinajstić information content (AvgIpc) is 3.08. The van der Waals surface area contributed by atoms with Crippen molar-refractivity contribution in [2.45, 2.75) is 50.7 Å². The highest BCUT2D eigenvalue weighted by molar-refractivity contribution is 7.16. The van der Waals surface area contributed by atoms with E-state index in [1.165, 1.54) is 43.6 Å². The molecule has 0 spiro atoms. The second-order valence-electron chi connectivity index (χ2n) is 5.47. The number of likely N-dealkylation sites (tertiary alicyclic amines) is 1. The number of nitrogens with zero attached hydrogens (tertiary/aromatic N) is 1. The first-order chi connectivity index (χ1) is 8.75. The topological polar surface area (TPSA) is 15.3 Å². The maximum Gasteiger partial charge on any atom is 0.0931 e. The van der Waals surface area contributed by atoms with Gasteiger partial charge in [0, 0.05) is 23.0 Å². The third kappa shape index (κ3) is 2.46. The van der Waals surface area contributed by atoms with E-state index in [-0.39, 0.29) is 0 Å². The zero-order chi connectivity index (χ0) is 12.5. The Morgan fingerprint density at radius 2 is 2.28 bits per heavy atom. The summed E-state index contributed by atoms with van der Waals surface area (Å²) in [6.45, 7) is 4.77. The third-order valence-corrected chi connectivity index (χ3v) is 5.81. The van der Waals surface area contributed by atoms with Crippen LogP contribution in [0.2, 0.25) is 4.34 Å². The van der Waals surface area contributed by atoms with Crippen LogP contribution in [0.1, 0.15) is 43.5 Å². The molecule has 1 aromatic heterocycles. The minimum Gasteiger partial charge on any atom is -0.312 e. The Labute approximate surface area is 118 Å². The molecule has 2 saturated heterocycles. The molecule has 0 aromatic carbocycles. The monoisotopic (exact) mass is 284 g/mol. The summed E-state index contributed by atoms with van der Waals surface area (Å²) in [6, 6.07) is 6.16. The number of hydrogen-bond acceptors (Lipinski definition) is 3. The Balaban J connectivity index is 1.73. The van der Waals surface area contributed by atoms with Gasteiger partial charge < -0.3 is 5.32 Å². The summed E-state index contributed by atoms with van der Waals surface area (Å²) in [5, 5.41) is 3.68. The van der Waals surface area contributed by atoms with Crippen molar-refractivity contribution in [1.82, 2.24) is 10.2 Å². The highest BCUT2D eigenvalue weighted by Gasteiger charge is 2.36. The molecule has 3 atom stereocenters. The van der Waals surface area contributed by atoms with Crippen LogP contribution in [-0.2, 0) is 0 Å². The lowest BCUT2D eigenvalue weighted by atomic mass is 10.0. The molecule has 4 heteroatoms. The number of halogens is 1. The second-order valence-corrected chi connectivity index (χ2v) is 7.21. The standard InChI is InChI=1S/C14H21ClN2S/c1-10(13-6-7-14(15)18-13)17-9-3-5-12(17)11-4-2-8-16-11/h6-7,10-12,16H,2-5,8-9H2,1H3. The Morgan fingerprint density at radius 3 is 2.94 bits per heavy atom. The maximum atomic E-state index is 6.06. The number of rotatable bonds is 3. The van der Waals surface area contributed by atoms with E-state index in [4.69, 9.17) is 11.6 Å². The fourth-order valence-electron chi connectivity index (χ4n) is 3.48. The molecule has 18 heavy (non-hydrogen) atoms. The van der Waals surface area contributed by atoms with Crippen LogP contribution in [0.5, 0.6) is 0 Å². The predicted octanol–water partition coefficient (Wildman–Crippen LogP) is 3.68. The van der Waals surface area contributed by atoms with Gasteiger partial charge in [0.1, 0.15) is 0 Å². The van der Waals surface area contributed by atoms with Gasteiger partial charge in [-0.2, -0.15) is 0 Å². The molecule has 0 bridgehead atoms. The third-order valence-electron chi connectivity index (χ3n) is 4.41. The zero-order valence-corrected chi connectivity index (χ0v) is 12.4. The highest BCUT2D eigenvalue weighted by atomic mass is 35.5. The maximum absolute atomic E-state index is 6.06. The van der Waals surface area contributed by atoms with Crippen molar-refractivity contribution in [1.29, 1.82) is 0 Å². The fraction of sp³-hybridized carbons (Fsp3) is 0.714. The average molecular weight is 285 g/mol. The summed E-state index contributed by atoms with van der Waals surface area (Å²) in [7, 11) is 0. The van der Waals surface area contributed by atoms with Gasteiger partial charge in [-0.05, 0) is 57.8 Å². The smallest absolute Gasteiger partial charge is 0.0931 e. The number of hydrogen-bond donors (Lipinski definition) is 1. The Morgan fingerprint density at radius 1 is 1.39 bits per heavy atom. The van der Waals surface area contributed by atoms with E-state index >= 15 is 0 Å². The van der Waals surface area contributed by atoms with Crippen molar-refractivity contribution < 1.29 is 0 Å². The molecule has 3 unspecified atom stereocenters. The normalized spacial score (nSPS) is 31.0. The molecule has 0 aliphatic carbocycles. The molecule has 0 amide bonds. The van der Waals surface area contributed by atoms with Gasteiger partial charge in [0.15, 0.2) is 0 Å². The summed E-state index contributed by atoms with van der Waals surface area (Å²) >= 11 is 7.79. The molecule has 100 valence electrons. The van der Waals surface area contributed by atoms with Crippen molar-refractivity contribution in [2.24, 2.45) is 0 Å². The van der Waals surface area contributed by atoms with Gasteiger partial charge >= 0.3 is 0 Å². The van der Waals surface area contributed by atoms with Crippen molar-refractivity contribution >= 4 is 22.9 Å². The summed E-state index contributed by atoms with van der Waals surface area (Å²) in [6.07, 6.45) is 5.38. The lowest BCUT2D eigenvalue weighted by Gasteiger charge is -2.33. The van der Waals surface area contributed by atoms with E-state index in [1.54, 1.807) is 11.3 Å². The van der Waals surface area contributed by atoms with Crippen molar-refractivity contribution in [3.05, 3.63) is 21.3 Å². The molecular weight excluding hydrogens is 264 g/mol. The van der Waals surface area contributed by atoms with Crippen molar-refractivity contribution in [3.63, 3.8) is 0 Å². The van der Waals surface area contributed by atoms with Gasteiger partial charge in [-0.15, -0.1) is 11.3 Å². The lowest BCUT2D eigenvalue weighted by Crippen LogP contribution is -2.44. The first-order valence-electron chi connectivity index (χ1n) is 7.00. The van der Waals surface area contributed by atoms with E-state index in [9.17, 15) is 0 Å². The molecule has 3 heterocycles. The molecule has 2 aliphatic heterocycles. The SMILES string of the molecule is CC(c1ccc(Cl)s1)N1CCCC1C1CCCN1. The van der Waals surface area contributed by atoms with E-state index in [0.717, 1.165) is 10.4 Å². The molecular formula is C14H21ClN2S. The quantitative estimate of drug-likeness (QED) is 0.911. The van der Waals surface area contributed by atoms with E-state index in [1.807, 2.05) is 6.07 Å². The summed E-state index contributed by atoms with van der Waals surface area (Å²) in [5.74, 6) is 0. The van der Waals surface area contributed by atoms with Gasteiger partial charge in [-0.25, -0.2) is 0 Å². The molecule has 0 saturated carbocycles. The first-order valence-corrected chi connectivity index (χ1v) is 8.19. The molecule has 3 rings (SSSR count). The number of nitrogens with one attached hydrogen (secondary N) is 1. The van der Waals surface area contributed by atoms with Crippen LogP contribution in [0, 0.1) is 0 Å². The van der Waals surface area contributed by atoms with Gasteiger partial charge in [0.25, 0.3) is 0 Å². The van der Waals surface area contributed by atoms with Crippen LogP contribution < -0.4 is 5.32 Å². The summed E-state index contributed by atoms with van der Waals surface area (Å²) < 4.78 is 0.909. The Bertz CT molecular complexity index is 400. The van der Waals surface area contributed by atoms with Crippen LogP contribution in [0.4, 0.5) is 0 Å². The fourth-order valence-corrected chi connectivity index (χ4v) is 4.62. The minimum absolute atomic E-state index is 0.511. The van der Waals surface area contributed by atoms with Crippen LogP contribution in [0.15, 0.2) is 12.1 Å². The Hall–Kier alpha value is -0.0900. The summed E-state index contributed by atoms with van der Waals surface area (Å²) in [4.78, 5) is 4.09. The molecule has 1 aromatic rings. The predicted molar refractivity (Wildman–Crippen MR) is 78.5 cm³/mol. The zero-order valence-electron chi connectivity index (χ0n) is 10.9. The molecule has 2 aliphatic rings. The molecule has 1 N–H and O–H groups in total. The van der Waals surface area contributed by atoms with E-state index < -0.39 is 0 Å². The van der Waals surface area contributed by atoms with Crippen LogP contribution in [0.3, 0.4) is 0 Å². The molecule has 0 radical (unpaired) electrons. The van der Waals surface area contributed by atoms with Gasteiger partial charge in [-0.3, -0.25) is 4.90 Å². The van der Waals surface area contributed by atoms with Gasteiger partial charge in [0.2, 0.25) is 0 Å². The van der Waals surface area contributed by atoms with Crippen molar-refractivity contribution in [2.75, 3.05) is 13.1 Å². The molecule has 2 fully saturated rings. The van der Waals surface area contributed by atoms with Crippen LogP contribution in [0.25, 0.3) is 0 Å². The highest BCUT2D eigenvalue weighted by Crippen LogP contribution is 2.36.